The summed E-state index contributed by atoms with van der Waals surface area (Å²) >= 11 is 0. The summed E-state index contributed by atoms with van der Waals surface area (Å²) in [7, 11) is 0. The van der Waals surface area contributed by atoms with Gasteiger partial charge < -0.3 is 15.4 Å². The van der Waals surface area contributed by atoms with Crippen molar-refractivity contribution in [2.45, 2.75) is 26.2 Å². The monoisotopic (exact) mass is 381 g/mol. The first-order valence-corrected chi connectivity index (χ1v) is 9.81. The minimum atomic E-state index is -0.266. The summed E-state index contributed by atoms with van der Waals surface area (Å²) in [5.41, 5.74) is 1.62. The summed E-state index contributed by atoms with van der Waals surface area (Å²) in [5, 5.41) is 5.76. The number of hydrogen-bond donors (Lipinski definition) is 2. The van der Waals surface area contributed by atoms with Crippen LogP contribution in [-0.4, -0.2) is 43.0 Å². The fourth-order valence-electron chi connectivity index (χ4n) is 3.30. The molecule has 0 spiro atoms. The van der Waals surface area contributed by atoms with Gasteiger partial charge in [-0.3, -0.25) is 14.5 Å². The molecule has 2 N–H and O–H groups in total. The average molecular weight is 381 g/mol. The number of piperidine rings is 1. The van der Waals surface area contributed by atoms with Crippen LogP contribution >= 0.6 is 0 Å². The number of carbonyl (C=O) groups is 2. The van der Waals surface area contributed by atoms with Crippen LogP contribution < -0.4 is 15.4 Å². The first-order chi connectivity index (χ1) is 13.7. The van der Waals surface area contributed by atoms with Crippen LogP contribution in [0, 0.1) is 0 Å². The van der Waals surface area contributed by atoms with Crippen LogP contribution in [-0.2, 0) is 4.79 Å². The largest absolute Gasteiger partial charge is 0.494 e. The fraction of sp³-hybridized carbons (Fsp3) is 0.364. The van der Waals surface area contributed by atoms with E-state index >= 15 is 0 Å². The van der Waals surface area contributed by atoms with Crippen molar-refractivity contribution in [3.05, 3.63) is 54.1 Å². The quantitative estimate of drug-likeness (QED) is 0.766. The zero-order valence-corrected chi connectivity index (χ0v) is 16.2. The predicted octanol–water partition coefficient (Wildman–Crippen LogP) is 3.76. The Morgan fingerprint density at radius 2 is 1.68 bits per heavy atom. The van der Waals surface area contributed by atoms with Gasteiger partial charge in [0.05, 0.1) is 24.4 Å². The lowest BCUT2D eigenvalue weighted by Crippen LogP contribution is -2.37. The molecule has 6 nitrogen and oxygen atoms in total. The molecular weight excluding hydrogens is 354 g/mol. The third kappa shape index (κ3) is 5.57. The molecule has 1 aliphatic rings. The molecule has 2 aromatic carbocycles. The predicted molar refractivity (Wildman–Crippen MR) is 111 cm³/mol. The van der Waals surface area contributed by atoms with E-state index in [9.17, 15) is 9.59 Å². The third-order valence-electron chi connectivity index (χ3n) is 4.68. The summed E-state index contributed by atoms with van der Waals surface area (Å²) < 4.78 is 5.41. The Morgan fingerprint density at radius 3 is 2.39 bits per heavy atom. The van der Waals surface area contributed by atoms with Crippen molar-refractivity contribution in [1.82, 2.24) is 4.90 Å². The second-order valence-electron chi connectivity index (χ2n) is 6.84. The molecule has 0 aliphatic carbocycles. The van der Waals surface area contributed by atoms with E-state index < -0.39 is 0 Å². The molecule has 6 heteroatoms. The van der Waals surface area contributed by atoms with Gasteiger partial charge in [-0.05, 0) is 69.3 Å². The molecule has 1 saturated heterocycles. The first kappa shape index (κ1) is 19.9. The van der Waals surface area contributed by atoms with Gasteiger partial charge in [-0.25, -0.2) is 0 Å². The Bertz CT molecular complexity index is 799. The van der Waals surface area contributed by atoms with Crippen LogP contribution in [0.3, 0.4) is 0 Å². The van der Waals surface area contributed by atoms with Gasteiger partial charge in [-0.15, -0.1) is 0 Å². The van der Waals surface area contributed by atoms with Crippen LogP contribution in [0.15, 0.2) is 48.5 Å². The van der Waals surface area contributed by atoms with E-state index in [2.05, 4.69) is 15.5 Å². The normalized spacial score (nSPS) is 14.3. The molecule has 28 heavy (non-hydrogen) atoms. The van der Waals surface area contributed by atoms with Crippen molar-refractivity contribution in [1.29, 1.82) is 0 Å². The van der Waals surface area contributed by atoms with Gasteiger partial charge in [0.1, 0.15) is 5.75 Å². The van der Waals surface area contributed by atoms with E-state index in [1.165, 1.54) is 6.42 Å². The lowest BCUT2D eigenvalue weighted by molar-refractivity contribution is -0.117. The molecule has 1 fully saturated rings. The Morgan fingerprint density at radius 1 is 0.964 bits per heavy atom. The van der Waals surface area contributed by atoms with E-state index in [0.29, 0.717) is 30.1 Å². The highest BCUT2D eigenvalue weighted by molar-refractivity contribution is 6.10. The molecule has 148 valence electrons. The maximum atomic E-state index is 12.7. The molecule has 3 rings (SSSR count). The number of carbonyl (C=O) groups excluding carboxylic acids is 2. The van der Waals surface area contributed by atoms with Crippen molar-refractivity contribution in [3.63, 3.8) is 0 Å². The Balaban J connectivity index is 1.63. The van der Waals surface area contributed by atoms with Gasteiger partial charge >= 0.3 is 0 Å². The molecule has 0 atom stereocenters. The summed E-state index contributed by atoms with van der Waals surface area (Å²) in [6, 6.07) is 14.3. The first-order valence-electron chi connectivity index (χ1n) is 9.81. The van der Waals surface area contributed by atoms with Gasteiger partial charge in [0.2, 0.25) is 5.91 Å². The van der Waals surface area contributed by atoms with Gasteiger partial charge in [-0.2, -0.15) is 0 Å². The zero-order valence-electron chi connectivity index (χ0n) is 16.2. The van der Waals surface area contributed by atoms with Crippen LogP contribution in [0.4, 0.5) is 11.4 Å². The molecule has 1 heterocycles. The van der Waals surface area contributed by atoms with E-state index in [0.717, 1.165) is 31.7 Å². The smallest absolute Gasteiger partial charge is 0.257 e. The number of ether oxygens (including phenoxy) is 1. The summed E-state index contributed by atoms with van der Waals surface area (Å²) in [6.07, 6.45) is 3.50. The van der Waals surface area contributed by atoms with E-state index in [1.807, 2.05) is 25.1 Å². The van der Waals surface area contributed by atoms with Gasteiger partial charge in [-0.1, -0.05) is 18.6 Å². The van der Waals surface area contributed by atoms with Crippen molar-refractivity contribution in [3.8, 4) is 5.75 Å². The molecule has 0 aromatic heterocycles. The second kappa shape index (κ2) is 9.90. The topological polar surface area (TPSA) is 70.7 Å². The highest BCUT2D eigenvalue weighted by Crippen LogP contribution is 2.20. The standard InChI is InChI=1S/C22H27N3O3/c1-2-28-18-12-10-17(11-13-18)23-22(27)19-8-4-5-9-20(19)24-21(26)16-25-14-6-3-7-15-25/h4-5,8-13H,2-3,6-7,14-16H2,1H3,(H,23,27)(H,24,26). The van der Waals surface area contributed by atoms with Gasteiger partial charge in [0.25, 0.3) is 5.91 Å². The minimum absolute atomic E-state index is 0.0942. The zero-order chi connectivity index (χ0) is 19.8. The number of amides is 2. The number of nitrogens with zero attached hydrogens (tertiary/aromatic N) is 1. The maximum Gasteiger partial charge on any atom is 0.257 e. The molecule has 1 aliphatic heterocycles. The lowest BCUT2D eigenvalue weighted by Gasteiger charge is -2.25. The van der Waals surface area contributed by atoms with Crippen molar-refractivity contribution in [2.75, 3.05) is 36.9 Å². The van der Waals surface area contributed by atoms with Crippen molar-refractivity contribution >= 4 is 23.2 Å². The van der Waals surface area contributed by atoms with Crippen LogP contribution in [0.5, 0.6) is 5.75 Å². The number of rotatable bonds is 7. The summed E-state index contributed by atoms with van der Waals surface area (Å²) in [4.78, 5) is 27.3. The lowest BCUT2D eigenvalue weighted by atomic mass is 10.1. The highest BCUT2D eigenvalue weighted by atomic mass is 16.5. The Hall–Kier alpha value is -2.86. The van der Waals surface area contributed by atoms with Gasteiger partial charge in [0, 0.05) is 5.69 Å². The maximum absolute atomic E-state index is 12.7. The molecule has 0 radical (unpaired) electrons. The summed E-state index contributed by atoms with van der Waals surface area (Å²) in [6.45, 7) is 4.78. The molecule has 2 amide bonds. The number of hydrogen-bond acceptors (Lipinski definition) is 4. The van der Waals surface area contributed by atoms with E-state index in [-0.39, 0.29) is 11.8 Å². The molecule has 2 aromatic rings. The van der Waals surface area contributed by atoms with E-state index in [4.69, 9.17) is 4.74 Å². The van der Waals surface area contributed by atoms with Crippen LogP contribution in [0.2, 0.25) is 0 Å². The minimum Gasteiger partial charge on any atom is -0.494 e. The Kier molecular flexibility index (Phi) is 7.03. The number of nitrogens with one attached hydrogen (secondary N) is 2. The SMILES string of the molecule is CCOc1ccc(NC(=O)c2ccccc2NC(=O)CN2CCCCC2)cc1. The van der Waals surface area contributed by atoms with Crippen molar-refractivity contribution < 1.29 is 14.3 Å². The third-order valence-corrected chi connectivity index (χ3v) is 4.68. The Labute approximate surface area is 165 Å². The van der Waals surface area contributed by atoms with Gasteiger partial charge in [0.15, 0.2) is 0 Å². The molecule has 0 unspecified atom stereocenters. The average Bonchev–Trinajstić information content (AvgIpc) is 2.71. The number of para-hydroxylation sites is 1. The van der Waals surface area contributed by atoms with Crippen LogP contribution in [0.25, 0.3) is 0 Å². The van der Waals surface area contributed by atoms with Crippen LogP contribution in [0.1, 0.15) is 36.5 Å². The molecule has 0 saturated carbocycles. The molecular formula is C22H27N3O3. The fourth-order valence-corrected chi connectivity index (χ4v) is 3.30. The number of anilines is 2. The van der Waals surface area contributed by atoms with E-state index in [1.54, 1.807) is 30.3 Å². The second-order valence-corrected chi connectivity index (χ2v) is 6.84. The number of likely N-dealkylation sites (tertiary alicyclic amines) is 1. The van der Waals surface area contributed by atoms with Crippen molar-refractivity contribution in [2.24, 2.45) is 0 Å². The molecule has 0 bridgehead atoms. The number of benzene rings is 2. The highest BCUT2D eigenvalue weighted by Gasteiger charge is 2.17. The summed E-state index contributed by atoms with van der Waals surface area (Å²) in [5.74, 6) is 0.395.